The fourth-order valence-corrected chi connectivity index (χ4v) is 1.92. The molecule has 5 nitrogen and oxygen atoms in total. The Morgan fingerprint density at radius 3 is 2.95 bits per heavy atom. The zero-order valence-corrected chi connectivity index (χ0v) is 11.4. The molecule has 19 heavy (non-hydrogen) atoms. The molecular weight excluding hydrogens is 266 g/mol. The molecule has 0 atom stereocenters. The third-order valence-electron chi connectivity index (χ3n) is 2.70. The Morgan fingerprint density at radius 2 is 2.26 bits per heavy atom. The molecule has 0 fully saturated rings. The van der Waals surface area contributed by atoms with Gasteiger partial charge in [0.05, 0.1) is 12.3 Å². The van der Waals surface area contributed by atoms with Crippen LogP contribution < -0.4 is 5.73 Å². The van der Waals surface area contributed by atoms with Gasteiger partial charge in [-0.1, -0.05) is 17.7 Å². The molecule has 100 valence electrons. The number of carbonyl (C=O) groups is 1. The molecule has 0 aliphatic carbocycles. The van der Waals surface area contributed by atoms with E-state index < -0.39 is 5.97 Å². The van der Waals surface area contributed by atoms with Crippen molar-refractivity contribution in [3.05, 3.63) is 40.8 Å². The first-order chi connectivity index (χ1) is 9.04. The summed E-state index contributed by atoms with van der Waals surface area (Å²) in [5.74, 6) is -0.290. The summed E-state index contributed by atoms with van der Waals surface area (Å²) in [6.45, 7) is 3.93. The molecule has 1 heterocycles. The normalized spacial score (nSPS) is 10.5. The topological polar surface area (TPSA) is 70.1 Å². The van der Waals surface area contributed by atoms with Gasteiger partial charge in [0.2, 0.25) is 0 Å². The van der Waals surface area contributed by atoms with Gasteiger partial charge in [-0.2, -0.15) is 0 Å². The Bertz CT molecular complexity index is 622. The smallest absolute Gasteiger partial charge is 0.360 e. The van der Waals surface area contributed by atoms with Crippen LogP contribution in [0.3, 0.4) is 0 Å². The number of halogens is 1. The number of nitrogen functional groups attached to an aromatic ring is 1. The highest BCUT2D eigenvalue weighted by atomic mass is 35.5. The van der Waals surface area contributed by atoms with E-state index in [1.807, 2.05) is 13.0 Å². The molecule has 0 aliphatic rings. The lowest BCUT2D eigenvalue weighted by Crippen LogP contribution is -2.09. The van der Waals surface area contributed by atoms with Crippen LogP contribution in [0.15, 0.2) is 24.5 Å². The fourth-order valence-electron chi connectivity index (χ4n) is 1.75. The Balaban J connectivity index is 2.47. The van der Waals surface area contributed by atoms with Gasteiger partial charge in [-0.3, -0.25) is 4.57 Å². The third-order valence-corrected chi connectivity index (χ3v) is 2.94. The minimum Gasteiger partial charge on any atom is -0.461 e. The maximum absolute atomic E-state index is 11.7. The zero-order valence-electron chi connectivity index (χ0n) is 10.7. The van der Waals surface area contributed by atoms with Crippen molar-refractivity contribution in [1.82, 2.24) is 9.55 Å². The molecule has 1 aromatic heterocycles. The number of anilines is 1. The van der Waals surface area contributed by atoms with E-state index in [0.717, 1.165) is 11.3 Å². The fraction of sp³-hybridized carbons (Fsp3) is 0.231. The number of aromatic nitrogens is 2. The van der Waals surface area contributed by atoms with Crippen molar-refractivity contribution in [2.24, 2.45) is 0 Å². The number of nitrogens with two attached hydrogens (primary N) is 1. The van der Waals surface area contributed by atoms with Gasteiger partial charge in [-0.15, -0.1) is 0 Å². The van der Waals surface area contributed by atoms with Crippen molar-refractivity contribution in [2.45, 2.75) is 13.8 Å². The molecule has 0 saturated heterocycles. The molecule has 1 aromatic carbocycles. The van der Waals surface area contributed by atoms with Crippen LogP contribution in [0.4, 0.5) is 5.82 Å². The lowest BCUT2D eigenvalue weighted by atomic mass is 10.2. The highest BCUT2D eigenvalue weighted by molar-refractivity contribution is 6.30. The van der Waals surface area contributed by atoms with E-state index in [0.29, 0.717) is 5.02 Å². The zero-order chi connectivity index (χ0) is 14.0. The van der Waals surface area contributed by atoms with Crippen LogP contribution in [0, 0.1) is 6.92 Å². The first-order valence-electron chi connectivity index (χ1n) is 5.81. The number of imidazole rings is 1. The first-order valence-corrected chi connectivity index (χ1v) is 6.18. The standard InChI is InChI=1S/C13H14ClN3O2/c1-3-19-13(18)11-12(15)17(7-16-11)10-6-9(14)5-4-8(10)2/h4-7H,3,15H2,1-2H3. The van der Waals surface area contributed by atoms with Gasteiger partial charge in [0.25, 0.3) is 0 Å². The van der Waals surface area contributed by atoms with Crippen molar-refractivity contribution in [3.63, 3.8) is 0 Å². The summed E-state index contributed by atoms with van der Waals surface area (Å²) in [6.07, 6.45) is 1.49. The Hall–Kier alpha value is -2.01. The van der Waals surface area contributed by atoms with E-state index in [1.165, 1.54) is 6.33 Å². The highest BCUT2D eigenvalue weighted by Gasteiger charge is 2.18. The maximum atomic E-state index is 11.7. The maximum Gasteiger partial charge on any atom is 0.360 e. The number of hydrogen-bond donors (Lipinski definition) is 1. The Labute approximate surface area is 116 Å². The van der Waals surface area contributed by atoms with E-state index in [2.05, 4.69) is 4.98 Å². The number of aryl methyl sites for hydroxylation is 1. The second kappa shape index (κ2) is 5.32. The average molecular weight is 280 g/mol. The van der Waals surface area contributed by atoms with Crippen LogP contribution in [0.25, 0.3) is 5.69 Å². The van der Waals surface area contributed by atoms with Crippen LogP contribution in [0.1, 0.15) is 23.0 Å². The molecule has 0 spiro atoms. The molecule has 6 heteroatoms. The molecule has 2 aromatic rings. The van der Waals surface area contributed by atoms with Gasteiger partial charge in [0, 0.05) is 5.02 Å². The summed E-state index contributed by atoms with van der Waals surface area (Å²) in [5.41, 5.74) is 7.82. The summed E-state index contributed by atoms with van der Waals surface area (Å²) >= 11 is 5.97. The number of rotatable bonds is 3. The van der Waals surface area contributed by atoms with Crippen molar-refractivity contribution < 1.29 is 9.53 Å². The van der Waals surface area contributed by atoms with Gasteiger partial charge in [0.1, 0.15) is 12.1 Å². The van der Waals surface area contributed by atoms with Gasteiger partial charge < -0.3 is 10.5 Å². The van der Waals surface area contributed by atoms with E-state index in [-0.39, 0.29) is 18.1 Å². The minimum atomic E-state index is -0.529. The first kappa shape index (κ1) is 13.4. The van der Waals surface area contributed by atoms with Crippen LogP contribution in [0.2, 0.25) is 5.02 Å². The second-order valence-electron chi connectivity index (χ2n) is 4.00. The Kier molecular flexibility index (Phi) is 3.76. The number of hydrogen-bond acceptors (Lipinski definition) is 4. The molecular formula is C13H14ClN3O2. The van der Waals surface area contributed by atoms with Gasteiger partial charge >= 0.3 is 5.97 Å². The summed E-state index contributed by atoms with van der Waals surface area (Å²) in [5, 5.41) is 0.589. The predicted octanol–water partition coefficient (Wildman–Crippen LogP) is 2.59. The van der Waals surface area contributed by atoms with Crippen LogP contribution in [-0.4, -0.2) is 22.1 Å². The van der Waals surface area contributed by atoms with Crippen LogP contribution >= 0.6 is 11.6 Å². The SMILES string of the molecule is CCOC(=O)c1ncn(-c2cc(Cl)ccc2C)c1N. The number of nitrogens with zero attached hydrogens (tertiary/aromatic N) is 2. The van der Waals surface area contributed by atoms with Crippen LogP contribution in [-0.2, 0) is 4.74 Å². The molecule has 0 radical (unpaired) electrons. The number of esters is 1. The van der Waals surface area contributed by atoms with E-state index in [9.17, 15) is 4.79 Å². The highest BCUT2D eigenvalue weighted by Crippen LogP contribution is 2.23. The summed E-state index contributed by atoms with van der Waals surface area (Å²) in [7, 11) is 0. The molecule has 0 aliphatic heterocycles. The van der Waals surface area contributed by atoms with Crippen molar-refractivity contribution in [2.75, 3.05) is 12.3 Å². The lowest BCUT2D eigenvalue weighted by molar-refractivity contribution is 0.0521. The van der Waals surface area contributed by atoms with E-state index in [1.54, 1.807) is 23.6 Å². The largest absolute Gasteiger partial charge is 0.461 e. The van der Waals surface area contributed by atoms with Gasteiger partial charge in [-0.05, 0) is 31.5 Å². The molecule has 0 saturated carbocycles. The quantitative estimate of drug-likeness (QED) is 0.877. The van der Waals surface area contributed by atoms with Crippen molar-refractivity contribution >= 4 is 23.4 Å². The summed E-state index contributed by atoms with van der Waals surface area (Å²) < 4.78 is 6.51. The van der Waals surface area contributed by atoms with Crippen molar-refractivity contribution in [1.29, 1.82) is 0 Å². The van der Waals surface area contributed by atoms with Gasteiger partial charge in [-0.25, -0.2) is 9.78 Å². The molecule has 2 rings (SSSR count). The van der Waals surface area contributed by atoms with Crippen molar-refractivity contribution in [3.8, 4) is 5.69 Å². The lowest BCUT2D eigenvalue weighted by Gasteiger charge is -2.09. The summed E-state index contributed by atoms with van der Waals surface area (Å²) in [6, 6.07) is 5.44. The molecule has 0 amide bonds. The predicted molar refractivity (Wildman–Crippen MR) is 73.7 cm³/mol. The van der Waals surface area contributed by atoms with Gasteiger partial charge in [0.15, 0.2) is 5.69 Å². The van der Waals surface area contributed by atoms with E-state index in [4.69, 9.17) is 22.1 Å². The number of benzene rings is 1. The van der Waals surface area contributed by atoms with Crippen LogP contribution in [0.5, 0.6) is 0 Å². The second-order valence-corrected chi connectivity index (χ2v) is 4.44. The van der Waals surface area contributed by atoms with E-state index >= 15 is 0 Å². The number of carbonyl (C=O) groups excluding carboxylic acids is 1. The number of ether oxygens (including phenoxy) is 1. The summed E-state index contributed by atoms with van der Waals surface area (Å²) in [4.78, 5) is 15.7. The minimum absolute atomic E-state index is 0.112. The molecule has 0 unspecified atom stereocenters. The monoisotopic (exact) mass is 279 g/mol. The molecule has 2 N–H and O–H groups in total. The Morgan fingerprint density at radius 1 is 1.53 bits per heavy atom. The third kappa shape index (κ3) is 2.56. The average Bonchev–Trinajstić information content (AvgIpc) is 2.74. The molecule has 0 bridgehead atoms.